The average molecular weight is 287 g/mol. The predicted octanol–water partition coefficient (Wildman–Crippen LogP) is 4.00. The molecule has 1 atom stereocenters. The Labute approximate surface area is 114 Å². The van der Waals surface area contributed by atoms with Crippen molar-refractivity contribution < 1.29 is 0 Å². The van der Waals surface area contributed by atoms with Gasteiger partial charge in [0.25, 0.3) is 0 Å². The van der Waals surface area contributed by atoms with E-state index in [0.29, 0.717) is 16.5 Å². The molecular formula is C12H12Cl2N2S. The molecule has 2 rings (SSSR count). The van der Waals surface area contributed by atoms with Crippen molar-refractivity contribution in [1.82, 2.24) is 4.98 Å². The maximum absolute atomic E-state index is 6.11. The molecule has 2 nitrogen and oxygen atoms in total. The summed E-state index contributed by atoms with van der Waals surface area (Å²) < 4.78 is 0. The van der Waals surface area contributed by atoms with Gasteiger partial charge in [-0.2, -0.15) is 0 Å². The molecule has 1 aromatic heterocycles. The van der Waals surface area contributed by atoms with Gasteiger partial charge in [-0.1, -0.05) is 29.3 Å². The lowest BCUT2D eigenvalue weighted by atomic mass is 10.0. The van der Waals surface area contributed by atoms with Crippen LogP contribution in [-0.2, 0) is 6.42 Å². The lowest BCUT2D eigenvalue weighted by molar-refractivity contribution is 0.700. The molecule has 0 bridgehead atoms. The average Bonchev–Trinajstić information content (AvgIpc) is 2.70. The standard InChI is InChI=1S/C12H12Cl2N2S/c1-7-16-12(6-17-7)11(15)5-8-9(13)3-2-4-10(8)14/h2-4,6,11H,5,15H2,1H3. The SMILES string of the molecule is Cc1nc(C(N)Cc2c(Cl)cccc2Cl)cs1. The quantitative estimate of drug-likeness (QED) is 0.926. The number of aromatic nitrogens is 1. The Balaban J connectivity index is 2.21. The minimum atomic E-state index is -0.169. The smallest absolute Gasteiger partial charge is 0.0898 e. The zero-order chi connectivity index (χ0) is 12.4. The maximum atomic E-state index is 6.11. The third-order valence-corrected chi connectivity index (χ3v) is 4.00. The highest BCUT2D eigenvalue weighted by molar-refractivity contribution is 7.09. The molecule has 90 valence electrons. The van der Waals surface area contributed by atoms with E-state index in [2.05, 4.69) is 4.98 Å². The van der Waals surface area contributed by atoms with E-state index >= 15 is 0 Å². The zero-order valence-corrected chi connectivity index (χ0v) is 11.6. The van der Waals surface area contributed by atoms with E-state index in [1.54, 1.807) is 11.3 Å². The molecule has 0 saturated heterocycles. The first kappa shape index (κ1) is 12.8. The summed E-state index contributed by atoms with van der Waals surface area (Å²) in [5.41, 5.74) is 7.88. The summed E-state index contributed by atoms with van der Waals surface area (Å²) in [4.78, 5) is 4.37. The van der Waals surface area contributed by atoms with Crippen molar-refractivity contribution >= 4 is 34.5 Å². The molecule has 2 N–H and O–H groups in total. The first-order valence-electron chi connectivity index (χ1n) is 5.18. The molecule has 0 saturated carbocycles. The first-order chi connectivity index (χ1) is 8.08. The summed E-state index contributed by atoms with van der Waals surface area (Å²) in [6.07, 6.45) is 0.599. The molecule has 0 aliphatic heterocycles. The Morgan fingerprint density at radius 1 is 1.35 bits per heavy atom. The number of halogens is 2. The van der Waals surface area contributed by atoms with Crippen LogP contribution in [0.4, 0.5) is 0 Å². The van der Waals surface area contributed by atoms with Gasteiger partial charge in [0.1, 0.15) is 0 Å². The first-order valence-corrected chi connectivity index (χ1v) is 6.82. The number of benzene rings is 1. The summed E-state index contributed by atoms with van der Waals surface area (Å²) in [5, 5.41) is 4.30. The van der Waals surface area contributed by atoms with Gasteiger partial charge in [-0.05, 0) is 31.0 Å². The number of nitrogens with two attached hydrogens (primary N) is 1. The van der Waals surface area contributed by atoms with Crippen LogP contribution in [0.3, 0.4) is 0 Å². The largest absolute Gasteiger partial charge is 0.322 e. The molecule has 1 heterocycles. The Kier molecular flexibility index (Phi) is 4.05. The lowest BCUT2D eigenvalue weighted by Gasteiger charge is -2.11. The Hall–Kier alpha value is -0.610. The normalized spacial score (nSPS) is 12.7. The van der Waals surface area contributed by atoms with E-state index in [-0.39, 0.29) is 6.04 Å². The predicted molar refractivity (Wildman–Crippen MR) is 73.9 cm³/mol. The van der Waals surface area contributed by atoms with Crippen molar-refractivity contribution in [3.05, 3.63) is 49.9 Å². The number of hydrogen-bond acceptors (Lipinski definition) is 3. The van der Waals surface area contributed by atoms with Crippen molar-refractivity contribution in [2.24, 2.45) is 5.73 Å². The number of nitrogens with zero attached hydrogens (tertiary/aromatic N) is 1. The second-order valence-corrected chi connectivity index (χ2v) is 5.68. The fraction of sp³-hybridized carbons (Fsp3) is 0.250. The van der Waals surface area contributed by atoms with Crippen molar-refractivity contribution in [3.63, 3.8) is 0 Å². The molecule has 0 fully saturated rings. The fourth-order valence-electron chi connectivity index (χ4n) is 1.60. The number of hydrogen-bond donors (Lipinski definition) is 1. The molecule has 5 heteroatoms. The van der Waals surface area contributed by atoms with Crippen molar-refractivity contribution in [1.29, 1.82) is 0 Å². The van der Waals surface area contributed by atoms with Gasteiger partial charge in [0.2, 0.25) is 0 Å². The van der Waals surface area contributed by atoms with Crippen molar-refractivity contribution in [3.8, 4) is 0 Å². The highest BCUT2D eigenvalue weighted by atomic mass is 35.5. The van der Waals surface area contributed by atoms with E-state index in [4.69, 9.17) is 28.9 Å². The van der Waals surface area contributed by atoms with Crippen LogP contribution in [-0.4, -0.2) is 4.98 Å². The summed E-state index contributed by atoms with van der Waals surface area (Å²) in [5.74, 6) is 0. The molecule has 0 aliphatic rings. The summed E-state index contributed by atoms with van der Waals surface area (Å²) in [7, 11) is 0. The van der Waals surface area contributed by atoms with Crippen LogP contribution in [0, 0.1) is 6.92 Å². The minimum Gasteiger partial charge on any atom is -0.322 e. The molecule has 17 heavy (non-hydrogen) atoms. The number of thiazole rings is 1. The van der Waals surface area contributed by atoms with Crippen LogP contribution in [0.15, 0.2) is 23.6 Å². The van der Waals surface area contributed by atoms with E-state index in [0.717, 1.165) is 16.3 Å². The van der Waals surface area contributed by atoms with Crippen molar-refractivity contribution in [2.45, 2.75) is 19.4 Å². The van der Waals surface area contributed by atoms with Gasteiger partial charge < -0.3 is 5.73 Å². The zero-order valence-electron chi connectivity index (χ0n) is 9.28. The summed E-state index contributed by atoms with van der Waals surface area (Å²) in [6.45, 7) is 1.96. The molecule has 1 aromatic carbocycles. The molecule has 0 spiro atoms. The third-order valence-electron chi connectivity index (χ3n) is 2.50. The van der Waals surface area contributed by atoms with Gasteiger partial charge in [0.05, 0.1) is 16.7 Å². The second kappa shape index (κ2) is 5.36. The van der Waals surface area contributed by atoms with Gasteiger partial charge in [-0.15, -0.1) is 11.3 Å². The third kappa shape index (κ3) is 2.99. The lowest BCUT2D eigenvalue weighted by Crippen LogP contribution is -2.14. The van der Waals surface area contributed by atoms with Crippen LogP contribution >= 0.6 is 34.5 Å². The second-order valence-electron chi connectivity index (χ2n) is 3.80. The summed E-state index contributed by atoms with van der Waals surface area (Å²) in [6, 6.07) is 5.30. The van der Waals surface area contributed by atoms with Crippen molar-refractivity contribution in [2.75, 3.05) is 0 Å². The van der Waals surface area contributed by atoms with Crippen LogP contribution in [0.2, 0.25) is 10.0 Å². The fourth-order valence-corrected chi connectivity index (χ4v) is 2.83. The van der Waals surface area contributed by atoms with Crippen LogP contribution in [0.1, 0.15) is 22.3 Å². The molecule has 0 radical (unpaired) electrons. The Morgan fingerprint density at radius 3 is 2.53 bits per heavy atom. The molecule has 0 amide bonds. The van der Waals surface area contributed by atoms with Gasteiger partial charge in [-0.25, -0.2) is 4.98 Å². The number of rotatable bonds is 3. The Bertz CT molecular complexity index is 505. The summed E-state index contributed by atoms with van der Waals surface area (Å²) >= 11 is 13.8. The van der Waals surface area contributed by atoms with Gasteiger partial charge in [0, 0.05) is 15.4 Å². The van der Waals surface area contributed by atoms with E-state index in [9.17, 15) is 0 Å². The number of aryl methyl sites for hydroxylation is 1. The van der Waals surface area contributed by atoms with E-state index < -0.39 is 0 Å². The minimum absolute atomic E-state index is 0.169. The van der Waals surface area contributed by atoms with Crippen LogP contribution in [0.25, 0.3) is 0 Å². The van der Waals surface area contributed by atoms with Crippen LogP contribution < -0.4 is 5.73 Å². The molecular weight excluding hydrogens is 275 g/mol. The van der Waals surface area contributed by atoms with Gasteiger partial charge in [-0.3, -0.25) is 0 Å². The highest BCUT2D eigenvalue weighted by Gasteiger charge is 2.14. The van der Waals surface area contributed by atoms with Gasteiger partial charge >= 0.3 is 0 Å². The van der Waals surface area contributed by atoms with E-state index in [1.165, 1.54) is 0 Å². The molecule has 1 unspecified atom stereocenters. The van der Waals surface area contributed by atoms with Crippen LogP contribution in [0.5, 0.6) is 0 Å². The molecule has 2 aromatic rings. The van der Waals surface area contributed by atoms with E-state index in [1.807, 2.05) is 30.5 Å². The molecule has 0 aliphatic carbocycles. The highest BCUT2D eigenvalue weighted by Crippen LogP contribution is 2.28. The topological polar surface area (TPSA) is 38.9 Å². The van der Waals surface area contributed by atoms with Gasteiger partial charge in [0.15, 0.2) is 0 Å². The monoisotopic (exact) mass is 286 g/mol. The maximum Gasteiger partial charge on any atom is 0.0898 e. The Morgan fingerprint density at radius 2 is 2.00 bits per heavy atom.